The van der Waals surface area contributed by atoms with E-state index in [1.807, 2.05) is 19.1 Å². The van der Waals surface area contributed by atoms with Crippen molar-refractivity contribution in [3.05, 3.63) is 77.6 Å². The molecule has 0 saturated heterocycles. The molecule has 1 atom stereocenters. The highest BCUT2D eigenvalue weighted by Gasteiger charge is 2.20. The molecule has 5 nitrogen and oxygen atoms in total. The maximum Gasteiger partial charge on any atom is 0.216 e. The highest BCUT2D eigenvalue weighted by molar-refractivity contribution is 7.88. The molecule has 0 aliphatic heterocycles. The summed E-state index contributed by atoms with van der Waals surface area (Å²) in [5, 5.41) is 0. The Hall–Kier alpha value is -2.51. The molecule has 1 N–H and O–H groups in total. The Morgan fingerprint density at radius 3 is 2.42 bits per heavy atom. The number of nitrogens with one attached hydrogen (secondary N) is 1. The van der Waals surface area contributed by atoms with E-state index < -0.39 is 16.1 Å². The third-order valence-electron chi connectivity index (χ3n) is 3.86. The van der Waals surface area contributed by atoms with E-state index in [4.69, 9.17) is 4.42 Å². The smallest absolute Gasteiger partial charge is 0.216 e. The first-order valence-electron chi connectivity index (χ1n) is 8.09. The standard InChI is InChI=1S/C19H19FN2O3S/c1-13-3-5-15(6-4-13)12-26(23,24)22-14(2)19-21-11-18(25-19)16-7-9-17(20)10-8-16/h3-11,14,22H,12H2,1-2H3. The Morgan fingerprint density at radius 1 is 1.12 bits per heavy atom. The minimum atomic E-state index is -3.56. The average molecular weight is 374 g/mol. The first kappa shape index (κ1) is 18.3. The third kappa shape index (κ3) is 4.56. The van der Waals surface area contributed by atoms with Crippen LogP contribution in [-0.4, -0.2) is 13.4 Å². The lowest BCUT2D eigenvalue weighted by atomic mass is 10.2. The van der Waals surface area contributed by atoms with Crippen LogP contribution >= 0.6 is 0 Å². The van der Waals surface area contributed by atoms with Crippen LogP contribution in [0.1, 0.15) is 30.0 Å². The highest BCUT2D eigenvalue weighted by Crippen LogP contribution is 2.23. The first-order valence-corrected chi connectivity index (χ1v) is 9.75. The van der Waals surface area contributed by atoms with Gasteiger partial charge in [-0.25, -0.2) is 22.5 Å². The second-order valence-corrected chi connectivity index (χ2v) is 7.91. The fourth-order valence-corrected chi connectivity index (χ4v) is 3.85. The monoisotopic (exact) mass is 374 g/mol. The van der Waals surface area contributed by atoms with Crippen molar-refractivity contribution in [3.63, 3.8) is 0 Å². The third-order valence-corrected chi connectivity index (χ3v) is 5.28. The minimum Gasteiger partial charge on any atom is -0.439 e. The van der Waals surface area contributed by atoms with E-state index in [0.717, 1.165) is 5.56 Å². The molecule has 1 aromatic heterocycles. The number of rotatable bonds is 6. The van der Waals surface area contributed by atoms with Gasteiger partial charge in [-0.05, 0) is 43.7 Å². The topological polar surface area (TPSA) is 72.2 Å². The number of hydrogen-bond donors (Lipinski definition) is 1. The van der Waals surface area contributed by atoms with Gasteiger partial charge in [-0.3, -0.25) is 0 Å². The van der Waals surface area contributed by atoms with Crippen LogP contribution in [0.3, 0.4) is 0 Å². The Balaban J connectivity index is 1.70. The summed E-state index contributed by atoms with van der Waals surface area (Å²) in [4.78, 5) is 4.13. The number of halogens is 1. The number of aromatic nitrogens is 1. The molecule has 1 unspecified atom stereocenters. The molecule has 7 heteroatoms. The van der Waals surface area contributed by atoms with Gasteiger partial charge in [-0.2, -0.15) is 0 Å². The van der Waals surface area contributed by atoms with Gasteiger partial charge in [-0.15, -0.1) is 0 Å². The maximum atomic E-state index is 13.0. The average Bonchev–Trinajstić information content (AvgIpc) is 3.07. The van der Waals surface area contributed by atoms with Crippen molar-refractivity contribution in [2.75, 3.05) is 0 Å². The van der Waals surface area contributed by atoms with Crippen LogP contribution < -0.4 is 4.72 Å². The minimum absolute atomic E-state index is 0.122. The second-order valence-electron chi connectivity index (χ2n) is 6.15. The molecule has 0 spiro atoms. The van der Waals surface area contributed by atoms with Crippen LogP contribution in [0.5, 0.6) is 0 Å². The summed E-state index contributed by atoms with van der Waals surface area (Å²) >= 11 is 0. The molecule has 0 fully saturated rings. The van der Waals surface area contributed by atoms with Gasteiger partial charge in [0.1, 0.15) is 5.82 Å². The van der Waals surface area contributed by atoms with Crippen LogP contribution in [0.2, 0.25) is 0 Å². The quantitative estimate of drug-likeness (QED) is 0.709. The van der Waals surface area contributed by atoms with Crippen molar-refractivity contribution in [2.24, 2.45) is 0 Å². The molecule has 0 bridgehead atoms. The summed E-state index contributed by atoms with van der Waals surface area (Å²) in [6.07, 6.45) is 1.49. The first-order chi connectivity index (χ1) is 12.3. The van der Waals surface area contributed by atoms with Gasteiger partial charge >= 0.3 is 0 Å². The lowest BCUT2D eigenvalue weighted by molar-refractivity contribution is 0.452. The lowest BCUT2D eigenvalue weighted by Gasteiger charge is -2.11. The van der Waals surface area contributed by atoms with Gasteiger partial charge in [0.15, 0.2) is 5.76 Å². The largest absolute Gasteiger partial charge is 0.439 e. The van der Waals surface area contributed by atoms with Crippen molar-refractivity contribution in [1.29, 1.82) is 0 Å². The van der Waals surface area contributed by atoms with E-state index in [0.29, 0.717) is 16.9 Å². The van der Waals surface area contributed by atoms with E-state index in [9.17, 15) is 12.8 Å². The number of aryl methyl sites for hydroxylation is 1. The van der Waals surface area contributed by atoms with Crippen molar-refractivity contribution < 1.29 is 17.2 Å². The van der Waals surface area contributed by atoms with E-state index in [-0.39, 0.29) is 17.5 Å². The number of sulfonamides is 1. The zero-order valence-corrected chi connectivity index (χ0v) is 15.3. The predicted molar refractivity (Wildman–Crippen MR) is 97.3 cm³/mol. The molecule has 0 saturated carbocycles. The molecule has 26 heavy (non-hydrogen) atoms. The Labute approximate surface area is 151 Å². The van der Waals surface area contributed by atoms with Crippen LogP contribution in [-0.2, 0) is 15.8 Å². The van der Waals surface area contributed by atoms with Gasteiger partial charge in [0.05, 0.1) is 18.0 Å². The van der Waals surface area contributed by atoms with E-state index in [1.165, 1.54) is 18.3 Å². The second kappa shape index (κ2) is 7.39. The summed E-state index contributed by atoms with van der Waals surface area (Å²) in [7, 11) is -3.56. The summed E-state index contributed by atoms with van der Waals surface area (Å²) in [5.74, 6) is 0.232. The predicted octanol–water partition coefficient (Wildman–Crippen LogP) is 3.97. The number of hydrogen-bond acceptors (Lipinski definition) is 4. The van der Waals surface area contributed by atoms with Crippen LogP contribution in [0.25, 0.3) is 11.3 Å². The molecule has 0 amide bonds. The molecular weight excluding hydrogens is 355 g/mol. The highest BCUT2D eigenvalue weighted by atomic mass is 32.2. The molecule has 0 radical (unpaired) electrons. The van der Waals surface area contributed by atoms with Crippen molar-refractivity contribution >= 4 is 10.0 Å². The number of benzene rings is 2. The molecule has 0 aliphatic carbocycles. The Kier molecular flexibility index (Phi) is 5.20. The van der Waals surface area contributed by atoms with Gasteiger partial charge in [0, 0.05) is 5.56 Å². The number of nitrogens with zero attached hydrogens (tertiary/aromatic N) is 1. The van der Waals surface area contributed by atoms with Crippen molar-refractivity contribution in [2.45, 2.75) is 25.6 Å². The Bertz CT molecular complexity index is 980. The van der Waals surface area contributed by atoms with Gasteiger partial charge < -0.3 is 4.42 Å². The van der Waals surface area contributed by atoms with Gasteiger partial charge in [0.25, 0.3) is 0 Å². The van der Waals surface area contributed by atoms with E-state index >= 15 is 0 Å². The van der Waals surface area contributed by atoms with E-state index in [1.54, 1.807) is 31.2 Å². The summed E-state index contributed by atoms with van der Waals surface area (Å²) in [6.45, 7) is 3.60. The fourth-order valence-electron chi connectivity index (χ4n) is 2.50. The molecule has 136 valence electrons. The fraction of sp³-hybridized carbons (Fsp3) is 0.211. The van der Waals surface area contributed by atoms with Crippen molar-refractivity contribution in [3.8, 4) is 11.3 Å². The molecule has 0 aliphatic rings. The summed E-state index contributed by atoms with van der Waals surface area (Å²) < 4.78 is 45.9. The Morgan fingerprint density at radius 2 is 1.77 bits per heavy atom. The molecule has 2 aromatic carbocycles. The summed E-state index contributed by atoms with van der Waals surface area (Å²) in [6, 6.07) is 12.5. The molecule has 3 rings (SSSR count). The SMILES string of the molecule is Cc1ccc(CS(=O)(=O)NC(C)c2ncc(-c3ccc(F)cc3)o2)cc1. The zero-order chi connectivity index (χ0) is 18.7. The molecule has 3 aromatic rings. The maximum absolute atomic E-state index is 13.0. The molecule has 1 heterocycles. The van der Waals surface area contributed by atoms with Gasteiger partial charge in [-0.1, -0.05) is 29.8 Å². The van der Waals surface area contributed by atoms with Gasteiger partial charge in [0.2, 0.25) is 15.9 Å². The van der Waals surface area contributed by atoms with Crippen LogP contribution in [0.15, 0.2) is 59.1 Å². The van der Waals surface area contributed by atoms with E-state index in [2.05, 4.69) is 9.71 Å². The zero-order valence-electron chi connectivity index (χ0n) is 14.4. The lowest BCUT2D eigenvalue weighted by Crippen LogP contribution is -2.28. The number of oxazole rings is 1. The van der Waals surface area contributed by atoms with Crippen LogP contribution in [0.4, 0.5) is 4.39 Å². The summed E-state index contributed by atoms with van der Waals surface area (Å²) in [5.41, 5.74) is 2.44. The van der Waals surface area contributed by atoms with Crippen LogP contribution in [0, 0.1) is 12.7 Å². The van der Waals surface area contributed by atoms with Crippen molar-refractivity contribution in [1.82, 2.24) is 9.71 Å². The molecular formula is C19H19FN2O3S. The normalized spacial score (nSPS) is 12.9.